The molecule has 2 atom stereocenters. The molecule has 1 aliphatic heterocycles. The van der Waals surface area contributed by atoms with Crippen LogP contribution in [0.5, 0.6) is 0 Å². The van der Waals surface area contributed by atoms with Gasteiger partial charge in [-0.2, -0.15) is 0 Å². The van der Waals surface area contributed by atoms with Crippen LogP contribution in [0.4, 0.5) is 0 Å². The van der Waals surface area contributed by atoms with E-state index in [1.54, 1.807) is 23.7 Å². The summed E-state index contributed by atoms with van der Waals surface area (Å²) in [5.74, 6) is 2.33. The van der Waals surface area contributed by atoms with E-state index in [1.807, 2.05) is 6.92 Å². The summed E-state index contributed by atoms with van der Waals surface area (Å²) in [6.07, 6.45) is 4.95. The Morgan fingerprint density at radius 3 is 3.11 bits per heavy atom. The molecule has 18 heavy (non-hydrogen) atoms. The Labute approximate surface area is 112 Å². The van der Waals surface area contributed by atoms with E-state index >= 15 is 0 Å². The number of ether oxygens (including phenoxy) is 1. The molecule has 0 spiro atoms. The van der Waals surface area contributed by atoms with E-state index < -0.39 is 6.41 Å². The molecule has 0 fully saturated rings. The van der Waals surface area contributed by atoms with Crippen LogP contribution in [-0.2, 0) is 4.74 Å². The topological polar surface area (TPSA) is 57.1 Å². The van der Waals surface area contributed by atoms with E-state index in [2.05, 4.69) is 22.9 Å². The summed E-state index contributed by atoms with van der Waals surface area (Å²) in [6.45, 7) is 6.23. The first kappa shape index (κ1) is 14.9. The van der Waals surface area contributed by atoms with Crippen LogP contribution in [0.15, 0.2) is 15.7 Å². The molecule has 1 rings (SSSR count). The number of rotatable bonds is 7. The van der Waals surface area contributed by atoms with Gasteiger partial charge in [-0.05, 0) is 20.1 Å². The lowest BCUT2D eigenvalue weighted by Gasteiger charge is -2.25. The van der Waals surface area contributed by atoms with E-state index in [0.717, 1.165) is 17.1 Å². The lowest BCUT2D eigenvalue weighted by atomic mass is 10.4. The van der Waals surface area contributed by atoms with Crippen molar-refractivity contribution in [3.63, 3.8) is 0 Å². The minimum Gasteiger partial charge on any atom is -0.374 e. The van der Waals surface area contributed by atoms with Gasteiger partial charge in [-0.15, -0.1) is 6.42 Å². The van der Waals surface area contributed by atoms with Gasteiger partial charge in [0.1, 0.15) is 6.61 Å². The van der Waals surface area contributed by atoms with E-state index in [1.165, 1.54) is 0 Å². The van der Waals surface area contributed by atoms with Crippen molar-refractivity contribution in [3.8, 4) is 12.3 Å². The monoisotopic (exact) mass is 269 g/mol. The van der Waals surface area contributed by atoms with Crippen LogP contribution in [0.1, 0.15) is 13.3 Å². The molecule has 5 nitrogen and oxygen atoms in total. The zero-order chi connectivity index (χ0) is 13.5. The van der Waals surface area contributed by atoms with Crippen LogP contribution in [0.25, 0.3) is 0 Å². The highest BCUT2D eigenvalue weighted by Gasteiger charge is 2.26. The molecule has 0 radical (unpaired) electrons. The highest BCUT2D eigenvalue weighted by Crippen LogP contribution is 2.34. The van der Waals surface area contributed by atoms with Gasteiger partial charge in [-0.25, -0.2) is 0 Å². The van der Waals surface area contributed by atoms with Gasteiger partial charge in [0, 0.05) is 19.3 Å². The first-order valence-electron chi connectivity index (χ1n) is 5.62. The van der Waals surface area contributed by atoms with Crippen LogP contribution in [0.3, 0.4) is 0 Å². The van der Waals surface area contributed by atoms with Crippen molar-refractivity contribution in [2.75, 3.05) is 20.2 Å². The van der Waals surface area contributed by atoms with Gasteiger partial charge >= 0.3 is 0 Å². The van der Waals surface area contributed by atoms with Crippen LogP contribution in [0, 0.1) is 12.3 Å². The van der Waals surface area contributed by atoms with Crippen LogP contribution >= 0.6 is 11.8 Å². The third-order valence-corrected chi connectivity index (χ3v) is 3.92. The maximum Gasteiger partial charge on any atom is 0.239 e. The van der Waals surface area contributed by atoms with Crippen LogP contribution < -0.4 is 5.32 Å². The summed E-state index contributed by atoms with van der Waals surface area (Å²) < 4.78 is 5.07. The second-order valence-corrected chi connectivity index (χ2v) is 5.06. The number of aliphatic hydroxyl groups excluding tert-OH is 1. The van der Waals surface area contributed by atoms with E-state index in [9.17, 15) is 5.11 Å². The molecule has 1 heterocycles. The molecule has 100 valence electrons. The second kappa shape index (κ2) is 7.31. The largest absolute Gasteiger partial charge is 0.374 e. The minimum absolute atomic E-state index is 0.0831. The van der Waals surface area contributed by atoms with Crippen molar-refractivity contribution in [3.05, 3.63) is 10.7 Å². The normalized spacial score (nSPS) is 20.2. The van der Waals surface area contributed by atoms with Crippen molar-refractivity contribution in [2.45, 2.75) is 25.1 Å². The van der Waals surface area contributed by atoms with Gasteiger partial charge in [-0.3, -0.25) is 0 Å². The molecular weight excluding hydrogens is 250 g/mol. The Kier molecular flexibility index (Phi) is 6.05. The van der Waals surface area contributed by atoms with Crippen molar-refractivity contribution < 1.29 is 9.84 Å². The third kappa shape index (κ3) is 3.95. The number of thioether (sulfide) groups is 1. The summed E-state index contributed by atoms with van der Waals surface area (Å²) in [7, 11) is 1.77. The highest BCUT2D eigenvalue weighted by molar-refractivity contribution is 8.03. The lowest BCUT2D eigenvalue weighted by molar-refractivity contribution is -0.162. The lowest BCUT2D eigenvalue weighted by Crippen LogP contribution is -2.32. The molecule has 0 aliphatic carbocycles. The van der Waals surface area contributed by atoms with Crippen molar-refractivity contribution in [2.24, 2.45) is 4.99 Å². The Morgan fingerprint density at radius 1 is 1.78 bits per heavy atom. The molecule has 1 aliphatic rings. The number of hydrogen-bond donors (Lipinski definition) is 2. The Balaban J connectivity index is 2.52. The molecule has 0 aromatic carbocycles. The number of hydrogen-bond acceptors (Lipinski definition) is 6. The Bertz CT molecular complexity index is 365. The van der Waals surface area contributed by atoms with Gasteiger partial charge in [0.25, 0.3) is 0 Å². The third-order valence-electron chi connectivity index (χ3n) is 2.47. The molecule has 0 saturated heterocycles. The van der Waals surface area contributed by atoms with E-state index in [0.29, 0.717) is 6.54 Å². The maximum atomic E-state index is 9.79. The average molecular weight is 269 g/mol. The SMILES string of the molecule is C#CCOC(O)N(C)C1=C(C)NC(CCN=C)S1. The van der Waals surface area contributed by atoms with Crippen LogP contribution in [0.2, 0.25) is 0 Å². The molecule has 0 amide bonds. The fourth-order valence-electron chi connectivity index (χ4n) is 1.58. The Hall–Kier alpha value is -1.16. The predicted molar refractivity (Wildman–Crippen MR) is 74.8 cm³/mol. The van der Waals surface area contributed by atoms with Gasteiger partial charge in [0.15, 0.2) is 0 Å². The zero-order valence-corrected chi connectivity index (χ0v) is 11.5. The minimum atomic E-state index is -1.03. The average Bonchev–Trinajstić information content (AvgIpc) is 2.73. The number of nitrogens with one attached hydrogen (secondary N) is 1. The summed E-state index contributed by atoms with van der Waals surface area (Å²) in [5.41, 5.74) is 1.01. The number of aliphatic imine (C=N–C) groups is 1. The predicted octanol–water partition coefficient (Wildman–Crippen LogP) is 0.786. The summed E-state index contributed by atoms with van der Waals surface area (Å²) in [4.78, 5) is 5.50. The molecule has 0 aromatic rings. The standard InChI is InChI=1S/C12H19N3O2S/c1-5-8-17-12(16)15(4)11-9(2)14-10(18-11)6-7-13-3/h1,10,12,14,16H,3,6-8H2,2,4H3. The maximum absolute atomic E-state index is 9.79. The summed E-state index contributed by atoms with van der Waals surface area (Å²) in [5, 5.41) is 14.3. The molecule has 2 unspecified atom stereocenters. The first-order valence-corrected chi connectivity index (χ1v) is 6.50. The number of aliphatic hydroxyl groups is 1. The molecule has 6 heteroatoms. The van der Waals surface area contributed by atoms with Gasteiger partial charge in [-0.1, -0.05) is 17.7 Å². The number of nitrogens with zero attached hydrogens (tertiary/aromatic N) is 2. The van der Waals surface area contributed by atoms with Crippen LogP contribution in [-0.4, -0.2) is 48.7 Å². The fourth-order valence-corrected chi connectivity index (χ4v) is 2.80. The fraction of sp³-hybridized carbons (Fsp3) is 0.583. The van der Waals surface area contributed by atoms with E-state index in [-0.39, 0.29) is 12.0 Å². The second-order valence-electron chi connectivity index (χ2n) is 3.87. The van der Waals surface area contributed by atoms with Crippen molar-refractivity contribution >= 4 is 18.5 Å². The highest BCUT2D eigenvalue weighted by atomic mass is 32.2. The van der Waals surface area contributed by atoms with Crippen molar-refractivity contribution in [1.29, 1.82) is 0 Å². The smallest absolute Gasteiger partial charge is 0.239 e. The molecule has 2 N–H and O–H groups in total. The summed E-state index contributed by atoms with van der Waals surface area (Å²) in [6, 6.07) is 0. The molecule has 0 bridgehead atoms. The number of allylic oxidation sites excluding steroid dienone is 1. The number of terminal acetylenes is 1. The van der Waals surface area contributed by atoms with Gasteiger partial charge in [0.05, 0.1) is 10.4 Å². The summed E-state index contributed by atoms with van der Waals surface area (Å²) >= 11 is 1.64. The molecule has 0 saturated carbocycles. The van der Waals surface area contributed by atoms with E-state index in [4.69, 9.17) is 11.2 Å². The molecular formula is C12H19N3O2S. The first-order chi connectivity index (χ1) is 8.60. The Morgan fingerprint density at radius 2 is 2.50 bits per heavy atom. The van der Waals surface area contributed by atoms with Gasteiger partial charge in [0.2, 0.25) is 6.41 Å². The zero-order valence-electron chi connectivity index (χ0n) is 10.7. The quantitative estimate of drug-likeness (QED) is 0.406. The molecule has 0 aromatic heterocycles. The van der Waals surface area contributed by atoms with Crippen molar-refractivity contribution in [1.82, 2.24) is 10.2 Å². The van der Waals surface area contributed by atoms with Gasteiger partial charge < -0.3 is 25.1 Å².